The van der Waals surface area contributed by atoms with Crippen molar-refractivity contribution >= 4 is 17.3 Å². The van der Waals surface area contributed by atoms with E-state index < -0.39 is 0 Å². The lowest BCUT2D eigenvalue weighted by atomic mass is 10.0. The van der Waals surface area contributed by atoms with Crippen LogP contribution in [0.3, 0.4) is 0 Å². The minimum Gasteiger partial charge on any atom is -0.383 e. The highest BCUT2D eigenvalue weighted by atomic mass is 35.5. The molecule has 0 saturated carbocycles. The van der Waals surface area contributed by atoms with E-state index >= 15 is 0 Å². The van der Waals surface area contributed by atoms with Gasteiger partial charge in [-0.15, -0.1) is 0 Å². The van der Waals surface area contributed by atoms with Gasteiger partial charge in [0, 0.05) is 20.3 Å². The van der Waals surface area contributed by atoms with Crippen molar-refractivity contribution in [3.05, 3.63) is 21.6 Å². The van der Waals surface area contributed by atoms with Gasteiger partial charge in [0.2, 0.25) is 0 Å². The summed E-state index contributed by atoms with van der Waals surface area (Å²) in [5.41, 5.74) is 0.282. The molecular formula is C13H20ClN3O3. The summed E-state index contributed by atoms with van der Waals surface area (Å²) in [6.07, 6.45) is 3.79. The van der Waals surface area contributed by atoms with Crippen molar-refractivity contribution < 1.29 is 9.47 Å². The molecule has 6 nitrogen and oxygen atoms in total. The van der Waals surface area contributed by atoms with Gasteiger partial charge in [-0.05, 0) is 18.8 Å². The molecule has 1 N–H and O–H groups in total. The molecule has 1 saturated heterocycles. The molecule has 1 atom stereocenters. The maximum Gasteiger partial charge on any atom is 0.287 e. The molecule has 0 aromatic carbocycles. The van der Waals surface area contributed by atoms with E-state index in [-0.39, 0.29) is 10.6 Å². The van der Waals surface area contributed by atoms with Crippen LogP contribution < -0.4 is 10.9 Å². The summed E-state index contributed by atoms with van der Waals surface area (Å²) >= 11 is 6.09. The molecular weight excluding hydrogens is 282 g/mol. The molecule has 1 aliphatic rings. The summed E-state index contributed by atoms with van der Waals surface area (Å²) in [5, 5.41) is 7.45. The molecule has 1 aliphatic heterocycles. The van der Waals surface area contributed by atoms with Crippen LogP contribution in [0.5, 0.6) is 0 Å². The molecule has 112 valence electrons. The highest BCUT2D eigenvalue weighted by Gasteiger charge is 2.15. The zero-order valence-electron chi connectivity index (χ0n) is 11.6. The second-order valence-electron chi connectivity index (χ2n) is 4.86. The third-order valence-electron chi connectivity index (χ3n) is 3.33. The minimum atomic E-state index is -0.298. The molecule has 0 bridgehead atoms. The van der Waals surface area contributed by atoms with Crippen LogP contribution in [-0.4, -0.2) is 43.3 Å². The van der Waals surface area contributed by atoms with E-state index in [4.69, 9.17) is 21.1 Å². The Kier molecular flexibility index (Phi) is 5.82. The molecule has 1 unspecified atom stereocenters. The lowest BCUT2D eigenvalue weighted by Crippen LogP contribution is -2.28. The molecule has 2 rings (SSSR count). The van der Waals surface area contributed by atoms with Crippen LogP contribution in [0.2, 0.25) is 5.02 Å². The number of hydrogen-bond donors (Lipinski definition) is 1. The number of halogens is 1. The summed E-state index contributed by atoms with van der Waals surface area (Å²) in [4.78, 5) is 12.0. The Bertz CT molecular complexity index is 486. The first kappa shape index (κ1) is 15.3. The highest BCUT2D eigenvalue weighted by molar-refractivity contribution is 6.32. The van der Waals surface area contributed by atoms with Crippen molar-refractivity contribution in [3.63, 3.8) is 0 Å². The molecule has 1 aromatic heterocycles. The van der Waals surface area contributed by atoms with E-state index in [0.29, 0.717) is 24.8 Å². The van der Waals surface area contributed by atoms with E-state index in [1.165, 1.54) is 4.68 Å². The molecule has 0 radical (unpaired) electrons. The summed E-state index contributed by atoms with van der Waals surface area (Å²) in [6.45, 7) is 3.15. The van der Waals surface area contributed by atoms with Gasteiger partial charge < -0.3 is 14.8 Å². The van der Waals surface area contributed by atoms with Crippen molar-refractivity contribution in [2.45, 2.75) is 19.4 Å². The first-order valence-corrected chi connectivity index (χ1v) is 7.16. The van der Waals surface area contributed by atoms with E-state index in [2.05, 4.69) is 10.4 Å². The van der Waals surface area contributed by atoms with Crippen LogP contribution in [0.1, 0.15) is 12.8 Å². The third-order valence-corrected chi connectivity index (χ3v) is 3.69. The van der Waals surface area contributed by atoms with Gasteiger partial charge in [0.15, 0.2) is 0 Å². The number of nitrogens with one attached hydrogen (secondary N) is 1. The van der Waals surface area contributed by atoms with E-state index in [9.17, 15) is 4.79 Å². The predicted molar refractivity (Wildman–Crippen MR) is 77.4 cm³/mol. The molecule has 1 aromatic rings. The molecule has 20 heavy (non-hydrogen) atoms. The molecule has 7 heteroatoms. The fourth-order valence-electron chi connectivity index (χ4n) is 2.15. The van der Waals surface area contributed by atoms with Crippen molar-refractivity contribution in [1.29, 1.82) is 0 Å². The maximum atomic E-state index is 12.0. The average Bonchev–Trinajstić information content (AvgIpc) is 2.49. The second kappa shape index (κ2) is 7.61. The lowest BCUT2D eigenvalue weighted by Gasteiger charge is -2.22. The lowest BCUT2D eigenvalue weighted by molar-refractivity contribution is 0.0595. The van der Waals surface area contributed by atoms with Crippen LogP contribution in [0.15, 0.2) is 11.0 Å². The number of methoxy groups -OCH3 is 1. The van der Waals surface area contributed by atoms with Crippen molar-refractivity contribution in [1.82, 2.24) is 9.78 Å². The van der Waals surface area contributed by atoms with Crippen LogP contribution in [0.25, 0.3) is 0 Å². The van der Waals surface area contributed by atoms with Crippen LogP contribution in [0, 0.1) is 5.92 Å². The first-order chi connectivity index (χ1) is 9.72. The Labute approximate surface area is 123 Å². The van der Waals surface area contributed by atoms with Gasteiger partial charge in [-0.25, -0.2) is 4.68 Å². The van der Waals surface area contributed by atoms with Gasteiger partial charge in [-0.2, -0.15) is 5.10 Å². The SMILES string of the molecule is COCCn1ncc(NCC2CCCOC2)c(Cl)c1=O. The van der Waals surface area contributed by atoms with Gasteiger partial charge in [0.1, 0.15) is 5.02 Å². The smallest absolute Gasteiger partial charge is 0.287 e. The Balaban J connectivity index is 1.97. The number of anilines is 1. The highest BCUT2D eigenvalue weighted by Crippen LogP contribution is 2.18. The van der Waals surface area contributed by atoms with Gasteiger partial charge in [0.25, 0.3) is 5.56 Å². The molecule has 0 amide bonds. The third kappa shape index (κ3) is 3.94. The zero-order valence-corrected chi connectivity index (χ0v) is 12.4. The van der Waals surface area contributed by atoms with E-state index in [1.807, 2.05) is 0 Å². The average molecular weight is 302 g/mol. The van der Waals surface area contributed by atoms with E-state index in [1.54, 1.807) is 13.3 Å². The molecule has 2 heterocycles. The topological polar surface area (TPSA) is 65.4 Å². The summed E-state index contributed by atoms with van der Waals surface area (Å²) < 4.78 is 11.7. The number of hydrogen-bond acceptors (Lipinski definition) is 5. The second-order valence-corrected chi connectivity index (χ2v) is 5.24. The van der Waals surface area contributed by atoms with Crippen molar-refractivity contribution in [3.8, 4) is 0 Å². The van der Waals surface area contributed by atoms with Crippen molar-refractivity contribution in [2.75, 3.05) is 38.8 Å². The van der Waals surface area contributed by atoms with Crippen LogP contribution >= 0.6 is 11.6 Å². The van der Waals surface area contributed by atoms with Crippen LogP contribution in [0.4, 0.5) is 5.69 Å². The Morgan fingerprint density at radius 3 is 3.20 bits per heavy atom. The number of aromatic nitrogens is 2. The van der Waals surface area contributed by atoms with Gasteiger partial charge in [-0.3, -0.25) is 4.79 Å². The number of rotatable bonds is 6. The first-order valence-electron chi connectivity index (χ1n) is 6.78. The van der Waals surface area contributed by atoms with E-state index in [0.717, 1.165) is 32.6 Å². The Morgan fingerprint density at radius 1 is 1.65 bits per heavy atom. The fourth-order valence-corrected chi connectivity index (χ4v) is 2.36. The van der Waals surface area contributed by atoms with Gasteiger partial charge in [0.05, 0.1) is 31.6 Å². The Hall–Kier alpha value is -1.11. The normalized spacial score (nSPS) is 19.0. The van der Waals surface area contributed by atoms with Gasteiger partial charge >= 0.3 is 0 Å². The van der Waals surface area contributed by atoms with Gasteiger partial charge in [-0.1, -0.05) is 11.6 Å². The maximum absolute atomic E-state index is 12.0. The molecule has 0 aliphatic carbocycles. The number of ether oxygens (including phenoxy) is 2. The quantitative estimate of drug-likeness (QED) is 0.860. The summed E-state index contributed by atoms with van der Waals surface area (Å²) in [6, 6.07) is 0. The van der Waals surface area contributed by atoms with Crippen molar-refractivity contribution in [2.24, 2.45) is 5.92 Å². The monoisotopic (exact) mass is 301 g/mol. The number of nitrogens with zero attached hydrogens (tertiary/aromatic N) is 2. The minimum absolute atomic E-state index is 0.174. The fraction of sp³-hybridized carbons (Fsp3) is 0.692. The molecule has 1 fully saturated rings. The summed E-state index contributed by atoms with van der Waals surface area (Å²) in [7, 11) is 1.58. The zero-order chi connectivity index (χ0) is 14.4. The van der Waals surface area contributed by atoms with Crippen LogP contribution in [-0.2, 0) is 16.0 Å². The predicted octanol–water partition coefficient (Wildman–Crippen LogP) is 1.38. The standard InChI is InChI=1S/C13H20ClN3O3/c1-19-6-4-17-13(18)12(14)11(8-16-17)15-7-10-3-2-5-20-9-10/h8,10,15H,2-7,9H2,1H3. The molecule has 0 spiro atoms. The largest absolute Gasteiger partial charge is 0.383 e. The Morgan fingerprint density at radius 2 is 2.50 bits per heavy atom. The summed E-state index contributed by atoms with van der Waals surface area (Å²) in [5.74, 6) is 0.454.